The highest BCUT2D eigenvalue weighted by Gasteiger charge is 2.19. The van der Waals surface area contributed by atoms with Gasteiger partial charge in [0.1, 0.15) is 0 Å². The van der Waals surface area contributed by atoms with Gasteiger partial charge < -0.3 is 9.47 Å². The lowest BCUT2D eigenvalue weighted by Gasteiger charge is -2.18. The molecule has 3 rings (SSSR count). The fourth-order valence-electron chi connectivity index (χ4n) is 3.44. The summed E-state index contributed by atoms with van der Waals surface area (Å²) in [5, 5.41) is 1.79. The third-order valence-corrected chi connectivity index (χ3v) is 5.16. The number of rotatable bonds is 7. The molecule has 2 aromatic carbocycles. The Labute approximate surface area is 167 Å². The van der Waals surface area contributed by atoms with Gasteiger partial charge >= 0.3 is 0 Å². The van der Waals surface area contributed by atoms with Crippen LogP contribution in [0.15, 0.2) is 48.5 Å². The summed E-state index contributed by atoms with van der Waals surface area (Å²) in [6.45, 7) is 0. The van der Waals surface area contributed by atoms with Gasteiger partial charge in [-0.15, -0.1) is 0 Å². The minimum Gasteiger partial charge on any atom is -0.493 e. The minimum atomic E-state index is 0.112. The minimum absolute atomic E-state index is 0.112. The van der Waals surface area contributed by atoms with Crippen LogP contribution in [0, 0.1) is 11.8 Å². The number of ether oxygens (including phenoxy) is 2. The highest BCUT2D eigenvalue weighted by atomic mass is 32.1. The first-order chi connectivity index (χ1) is 13.3. The van der Waals surface area contributed by atoms with Crippen molar-refractivity contribution < 1.29 is 9.47 Å². The van der Waals surface area contributed by atoms with Crippen LogP contribution in [0.25, 0.3) is 0 Å². The van der Waals surface area contributed by atoms with Crippen LogP contribution >= 0.6 is 12.2 Å². The van der Waals surface area contributed by atoms with Crippen molar-refractivity contribution in [2.45, 2.75) is 50.5 Å². The lowest BCUT2D eigenvalue weighted by molar-refractivity contribution is 0.200. The number of benzene rings is 2. The molecule has 140 valence electrons. The maximum absolute atomic E-state index is 6.25. The fraction of sp³-hybridized carbons (Fsp3) is 0.375. The van der Waals surface area contributed by atoms with E-state index in [0.717, 1.165) is 48.3 Å². The predicted molar refractivity (Wildman–Crippen MR) is 115 cm³/mol. The molecule has 0 spiro atoms. The Kier molecular flexibility index (Phi) is 7.30. The zero-order valence-electron chi connectivity index (χ0n) is 15.8. The van der Waals surface area contributed by atoms with Crippen LogP contribution in [0.5, 0.6) is 11.5 Å². The van der Waals surface area contributed by atoms with E-state index >= 15 is 0 Å². The van der Waals surface area contributed by atoms with Gasteiger partial charge in [-0.05, 0) is 73.7 Å². The molecule has 2 nitrogen and oxygen atoms in total. The predicted octanol–water partition coefficient (Wildman–Crippen LogP) is 5.93. The normalized spacial score (nSPS) is 14.9. The van der Waals surface area contributed by atoms with Gasteiger partial charge in [0.2, 0.25) is 0 Å². The van der Waals surface area contributed by atoms with Crippen molar-refractivity contribution in [2.24, 2.45) is 0 Å². The van der Waals surface area contributed by atoms with Gasteiger partial charge in [0.05, 0.1) is 13.2 Å². The van der Waals surface area contributed by atoms with E-state index in [1.807, 2.05) is 36.4 Å². The summed E-state index contributed by atoms with van der Waals surface area (Å²) in [4.78, 5) is 0. The molecule has 1 aliphatic rings. The lowest BCUT2D eigenvalue weighted by atomic mass is 9.94. The summed E-state index contributed by atoms with van der Waals surface area (Å²) in [5.74, 6) is 8.47. The first-order valence-electron chi connectivity index (χ1n) is 9.65. The van der Waals surface area contributed by atoms with E-state index in [-0.39, 0.29) is 5.92 Å². The summed E-state index contributed by atoms with van der Waals surface area (Å²) in [6.07, 6.45) is 6.78. The molecule has 1 unspecified atom stereocenters. The fourth-order valence-corrected chi connectivity index (χ4v) is 3.57. The van der Waals surface area contributed by atoms with Crippen LogP contribution in [-0.4, -0.2) is 18.6 Å². The van der Waals surface area contributed by atoms with Crippen molar-refractivity contribution in [3.05, 3.63) is 59.7 Å². The molecule has 0 N–H and O–H groups in total. The molecule has 0 saturated heterocycles. The number of thiocarbonyl (C=S) groups is 1. The van der Waals surface area contributed by atoms with Gasteiger partial charge in [0, 0.05) is 11.5 Å². The largest absolute Gasteiger partial charge is 0.493 e. The van der Waals surface area contributed by atoms with Crippen molar-refractivity contribution in [1.29, 1.82) is 0 Å². The van der Waals surface area contributed by atoms with E-state index in [1.165, 1.54) is 12.8 Å². The summed E-state index contributed by atoms with van der Waals surface area (Å²) in [6, 6.07) is 16.3. The van der Waals surface area contributed by atoms with E-state index in [1.54, 1.807) is 12.5 Å². The smallest absolute Gasteiger partial charge is 0.161 e. The second-order valence-electron chi connectivity index (χ2n) is 6.87. The maximum Gasteiger partial charge on any atom is 0.161 e. The first-order valence-corrected chi connectivity index (χ1v) is 10.1. The molecule has 0 aromatic heterocycles. The molecule has 0 aliphatic heterocycles. The van der Waals surface area contributed by atoms with E-state index in [2.05, 4.69) is 24.0 Å². The van der Waals surface area contributed by atoms with Crippen molar-refractivity contribution in [3.8, 4) is 23.3 Å². The zero-order valence-corrected chi connectivity index (χ0v) is 16.6. The maximum atomic E-state index is 6.25. The molecule has 1 fully saturated rings. The zero-order chi connectivity index (χ0) is 18.9. The third-order valence-electron chi connectivity index (χ3n) is 4.92. The van der Waals surface area contributed by atoms with Gasteiger partial charge in [-0.3, -0.25) is 0 Å². The van der Waals surface area contributed by atoms with Crippen molar-refractivity contribution >= 4 is 17.6 Å². The van der Waals surface area contributed by atoms with Crippen LogP contribution in [-0.2, 0) is 0 Å². The Balaban J connectivity index is 1.86. The van der Waals surface area contributed by atoms with Crippen LogP contribution in [0.4, 0.5) is 0 Å². The molecule has 1 aliphatic carbocycles. The van der Waals surface area contributed by atoms with Gasteiger partial charge in [0.25, 0.3) is 0 Å². The standard InChI is InChI=1S/C24H26O2S/c1-25-23-16-15-21(18-24(23)26-22-11-5-6-12-22)20(10-7-17-27)14-13-19-8-3-2-4-9-19/h2-4,8-9,15-18,20,22H,5-7,10-12H2,1H3. The molecule has 1 saturated carbocycles. The molecule has 27 heavy (non-hydrogen) atoms. The molecule has 0 heterocycles. The molecular formula is C24H26O2S. The van der Waals surface area contributed by atoms with E-state index in [4.69, 9.17) is 21.7 Å². The van der Waals surface area contributed by atoms with Gasteiger partial charge in [-0.25, -0.2) is 0 Å². The molecule has 2 aromatic rings. The SMILES string of the molecule is COc1ccc(C(C#Cc2ccccc2)CCC=S)cc1OC1CCCC1. The Morgan fingerprint density at radius 2 is 1.89 bits per heavy atom. The van der Waals surface area contributed by atoms with E-state index in [9.17, 15) is 0 Å². The molecule has 3 heteroatoms. The topological polar surface area (TPSA) is 18.5 Å². The quantitative estimate of drug-likeness (QED) is 0.439. The highest BCUT2D eigenvalue weighted by molar-refractivity contribution is 7.78. The number of hydrogen-bond donors (Lipinski definition) is 0. The average Bonchev–Trinajstić information content (AvgIpc) is 3.22. The number of hydrogen-bond acceptors (Lipinski definition) is 3. The lowest BCUT2D eigenvalue weighted by Crippen LogP contribution is -2.12. The third kappa shape index (κ3) is 5.58. The molecule has 0 amide bonds. The second-order valence-corrected chi connectivity index (χ2v) is 7.20. The van der Waals surface area contributed by atoms with Crippen molar-refractivity contribution in [3.63, 3.8) is 0 Å². The summed E-state index contributed by atoms with van der Waals surface area (Å²) in [5.41, 5.74) is 2.19. The Bertz CT molecular complexity index is 798. The summed E-state index contributed by atoms with van der Waals surface area (Å²) in [7, 11) is 1.69. The highest BCUT2D eigenvalue weighted by Crippen LogP contribution is 2.35. The van der Waals surface area contributed by atoms with Gasteiger partial charge in [0.15, 0.2) is 11.5 Å². The summed E-state index contributed by atoms with van der Waals surface area (Å²) >= 11 is 5.04. The molecule has 0 bridgehead atoms. The van der Waals surface area contributed by atoms with Crippen LogP contribution < -0.4 is 9.47 Å². The molecule has 0 radical (unpaired) electrons. The van der Waals surface area contributed by atoms with Gasteiger partial charge in [-0.2, -0.15) is 0 Å². The van der Waals surface area contributed by atoms with E-state index < -0.39 is 0 Å². The Hall–Kier alpha value is -2.31. The van der Waals surface area contributed by atoms with E-state index in [0.29, 0.717) is 6.10 Å². The first kappa shape index (κ1) is 19.5. The second kappa shape index (κ2) is 10.1. The molecule has 1 atom stereocenters. The van der Waals surface area contributed by atoms with Crippen LogP contribution in [0.3, 0.4) is 0 Å². The van der Waals surface area contributed by atoms with Gasteiger partial charge in [-0.1, -0.05) is 48.3 Å². The average molecular weight is 379 g/mol. The molecular weight excluding hydrogens is 352 g/mol. The summed E-state index contributed by atoms with van der Waals surface area (Å²) < 4.78 is 11.8. The number of methoxy groups -OCH3 is 1. The Morgan fingerprint density at radius 1 is 1.11 bits per heavy atom. The van der Waals surface area contributed by atoms with Crippen LogP contribution in [0.1, 0.15) is 55.6 Å². The van der Waals surface area contributed by atoms with Crippen LogP contribution in [0.2, 0.25) is 0 Å². The van der Waals surface area contributed by atoms with Crippen molar-refractivity contribution in [1.82, 2.24) is 0 Å². The van der Waals surface area contributed by atoms with Crippen molar-refractivity contribution in [2.75, 3.05) is 7.11 Å². The Morgan fingerprint density at radius 3 is 2.59 bits per heavy atom. The monoisotopic (exact) mass is 378 g/mol.